The largest absolute Gasteiger partial charge is 0.0844 e. The van der Waals surface area contributed by atoms with E-state index in [2.05, 4.69) is 59.8 Å². The zero-order valence-corrected chi connectivity index (χ0v) is 11.2. The van der Waals surface area contributed by atoms with E-state index in [1.54, 1.807) is 5.57 Å². The zero-order valence-electron chi connectivity index (χ0n) is 11.2. The molecule has 0 radical (unpaired) electrons. The highest BCUT2D eigenvalue weighted by atomic mass is 14.4. The van der Waals surface area contributed by atoms with Gasteiger partial charge in [-0.2, -0.15) is 0 Å². The molecule has 0 aliphatic heterocycles. The molecular formula is C15H26. The molecule has 0 nitrogen and oxygen atoms in total. The third kappa shape index (κ3) is 2.74. The van der Waals surface area contributed by atoms with Crippen molar-refractivity contribution in [1.82, 2.24) is 0 Å². The Labute approximate surface area is 95.5 Å². The first-order chi connectivity index (χ1) is 6.79. The molecule has 0 aromatic heterocycles. The highest BCUT2D eigenvalue weighted by Crippen LogP contribution is 2.44. The Hall–Kier alpha value is -0.520. The van der Waals surface area contributed by atoms with Gasteiger partial charge in [-0.1, -0.05) is 58.4 Å². The maximum absolute atomic E-state index is 2.44. The van der Waals surface area contributed by atoms with Crippen molar-refractivity contribution < 1.29 is 0 Å². The summed E-state index contributed by atoms with van der Waals surface area (Å²) >= 11 is 0. The minimum absolute atomic E-state index is 0.354. The van der Waals surface area contributed by atoms with Crippen LogP contribution in [0.1, 0.15) is 54.4 Å². The van der Waals surface area contributed by atoms with Crippen LogP contribution in [0.15, 0.2) is 23.8 Å². The van der Waals surface area contributed by atoms with Crippen molar-refractivity contribution in [2.45, 2.75) is 54.4 Å². The third-order valence-corrected chi connectivity index (χ3v) is 4.31. The fraction of sp³-hybridized carbons (Fsp3) is 0.733. The van der Waals surface area contributed by atoms with E-state index in [9.17, 15) is 0 Å². The zero-order chi connectivity index (χ0) is 11.7. The molecule has 0 fully saturated rings. The molecule has 0 aromatic carbocycles. The van der Waals surface area contributed by atoms with Gasteiger partial charge in [0.05, 0.1) is 0 Å². The predicted octanol–water partition coefficient (Wildman–Crippen LogP) is 4.97. The van der Waals surface area contributed by atoms with Crippen LogP contribution in [-0.2, 0) is 0 Å². The van der Waals surface area contributed by atoms with Crippen molar-refractivity contribution in [1.29, 1.82) is 0 Å². The van der Waals surface area contributed by atoms with Gasteiger partial charge in [0.2, 0.25) is 0 Å². The van der Waals surface area contributed by atoms with E-state index < -0.39 is 0 Å². The van der Waals surface area contributed by atoms with Gasteiger partial charge < -0.3 is 0 Å². The van der Waals surface area contributed by atoms with Gasteiger partial charge in [-0.05, 0) is 36.5 Å². The van der Waals surface area contributed by atoms with Crippen LogP contribution in [0, 0.1) is 16.7 Å². The lowest BCUT2D eigenvalue weighted by Crippen LogP contribution is -2.19. The van der Waals surface area contributed by atoms with Crippen molar-refractivity contribution in [2.75, 3.05) is 0 Å². The van der Waals surface area contributed by atoms with E-state index in [1.807, 2.05) is 0 Å². The van der Waals surface area contributed by atoms with Crippen molar-refractivity contribution >= 4 is 0 Å². The summed E-state index contributed by atoms with van der Waals surface area (Å²) in [6.07, 6.45) is 9.68. The molecule has 0 saturated heterocycles. The van der Waals surface area contributed by atoms with E-state index in [0.717, 1.165) is 0 Å². The normalized spacial score (nSPS) is 26.0. The van der Waals surface area contributed by atoms with Gasteiger partial charge in [0.15, 0.2) is 0 Å². The van der Waals surface area contributed by atoms with E-state index in [1.165, 1.54) is 12.8 Å². The van der Waals surface area contributed by atoms with Gasteiger partial charge in [0.25, 0.3) is 0 Å². The molecule has 0 heteroatoms. The first-order valence-corrected chi connectivity index (χ1v) is 6.16. The summed E-state index contributed by atoms with van der Waals surface area (Å²) in [5.41, 5.74) is 2.26. The molecule has 0 heterocycles. The second kappa shape index (κ2) is 4.15. The molecule has 1 aliphatic carbocycles. The molecule has 0 unspecified atom stereocenters. The van der Waals surface area contributed by atoms with Crippen LogP contribution in [0.5, 0.6) is 0 Å². The monoisotopic (exact) mass is 206 g/mol. The molecule has 1 aliphatic rings. The summed E-state index contributed by atoms with van der Waals surface area (Å²) in [5.74, 6) is 0.698. The SMILES string of the molecule is CCC(C)(C)C=C[C@H]1CC=C(C)C1(C)C. The molecule has 1 atom stereocenters. The van der Waals surface area contributed by atoms with Gasteiger partial charge in [-0.15, -0.1) is 0 Å². The summed E-state index contributed by atoms with van der Waals surface area (Å²) in [6, 6.07) is 0. The van der Waals surface area contributed by atoms with Crippen molar-refractivity contribution in [3.63, 3.8) is 0 Å². The minimum atomic E-state index is 0.354. The van der Waals surface area contributed by atoms with Crippen LogP contribution in [0.2, 0.25) is 0 Å². The average molecular weight is 206 g/mol. The lowest BCUT2D eigenvalue weighted by molar-refractivity contribution is 0.346. The van der Waals surface area contributed by atoms with E-state index in [0.29, 0.717) is 16.7 Å². The Morgan fingerprint density at radius 1 is 1.47 bits per heavy atom. The van der Waals surface area contributed by atoms with Crippen LogP contribution >= 0.6 is 0 Å². The molecule has 0 saturated carbocycles. The number of hydrogen-bond acceptors (Lipinski definition) is 0. The van der Waals surface area contributed by atoms with Gasteiger partial charge in [0, 0.05) is 0 Å². The van der Waals surface area contributed by atoms with Gasteiger partial charge >= 0.3 is 0 Å². The van der Waals surface area contributed by atoms with Gasteiger partial charge in [-0.3, -0.25) is 0 Å². The molecule has 86 valence electrons. The lowest BCUT2D eigenvalue weighted by Gasteiger charge is -2.28. The smallest absolute Gasteiger partial charge is 0.00817 e. The molecule has 0 amide bonds. The van der Waals surface area contributed by atoms with Gasteiger partial charge in [0.1, 0.15) is 0 Å². The summed E-state index contributed by atoms with van der Waals surface area (Å²) < 4.78 is 0. The Morgan fingerprint density at radius 2 is 2.07 bits per heavy atom. The van der Waals surface area contributed by atoms with Crippen LogP contribution in [-0.4, -0.2) is 0 Å². The summed E-state index contributed by atoms with van der Waals surface area (Å²) in [7, 11) is 0. The maximum atomic E-state index is 2.44. The lowest BCUT2D eigenvalue weighted by atomic mass is 9.76. The fourth-order valence-electron chi connectivity index (χ4n) is 1.97. The van der Waals surface area contributed by atoms with Gasteiger partial charge in [-0.25, -0.2) is 0 Å². The highest BCUT2D eigenvalue weighted by Gasteiger charge is 2.33. The standard InChI is InChI=1S/C15H26/c1-7-14(3,4)11-10-13-9-8-12(2)15(13,5)6/h8,10-11,13H,7,9H2,1-6H3/t13-/m1/s1. The number of allylic oxidation sites excluding steroid dienone is 4. The summed E-state index contributed by atoms with van der Waals surface area (Å²) in [6.45, 7) is 13.9. The van der Waals surface area contributed by atoms with Crippen LogP contribution in [0.25, 0.3) is 0 Å². The average Bonchev–Trinajstić information content (AvgIpc) is 2.40. The van der Waals surface area contributed by atoms with Crippen LogP contribution in [0.4, 0.5) is 0 Å². The fourth-order valence-corrected chi connectivity index (χ4v) is 1.97. The second-order valence-corrected chi connectivity index (χ2v) is 6.15. The quantitative estimate of drug-likeness (QED) is 0.572. The third-order valence-electron chi connectivity index (χ3n) is 4.31. The molecule has 0 spiro atoms. The molecule has 1 rings (SSSR count). The van der Waals surface area contributed by atoms with E-state index >= 15 is 0 Å². The number of rotatable bonds is 3. The summed E-state index contributed by atoms with van der Waals surface area (Å²) in [5, 5.41) is 0. The topological polar surface area (TPSA) is 0 Å². The molecule has 0 bridgehead atoms. The van der Waals surface area contributed by atoms with E-state index in [4.69, 9.17) is 0 Å². The maximum Gasteiger partial charge on any atom is -0.00817 e. The Morgan fingerprint density at radius 3 is 2.47 bits per heavy atom. The van der Waals surface area contributed by atoms with Crippen molar-refractivity contribution in [2.24, 2.45) is 16.7 Å². The predicted molar refractivity (Wildman–Crippen MR) is 68.9 cm³/mol. The first-order valence-electron chi connectivity index (χ1n) is 6.16. The Bertz CT molecular complexity index is 276. The molecular weight excluding hydrogens is 180 g/mol. The van der Waals surface area contributed by atoms with Crippen LogP contribution in [0.3, 0.4) is 0 Å². The molecule has 0 N–H and O–H groups in total. The highest BCUT2D eigenvalue weighted by molar-refractivity contribution is 5.22. The second-order valence-electron chi connectivity index (χ2n) is 6.15. The summed E-state index contributed by atoms with van der Waals surface area (Å²) in [4.78, 5) is 0. The van der Waals surface area contributed by atoms with Crippen molar-refractivity contribution in [3.8, 4) is 0 Å². The number of hydrogen-bond donors (Lipinski definition) is 0. The molecule has 15 heavy (non-hydrogen) atoms. The Balaban J connectivity index is 2.71. The minimum Gasteiger partial charge on any atom is -0.0844 e. The Kier molecular flexibility index (Phi) is 3.48. The van der Waals surface area contributed by atoms with Crippen LogP contribution < -0.4 is 0 Å². The molecule has 0 aromatic rings. The van der Waals surface area contributed by atoms with E-state index in [-0.39, 0.29) is 0 Å². The first kappa shape index (κ1) is 12.5. The van der Waals surface area contributed by atoms with Crippen molar-refractivity contribution in [3.05, 3.63) is 23.8 Å².